The van der Waals surface area contributed by atoms with Crippen LogP contribution in [0, 0.1) is 0 Å². The largest absolute Gasteiger partial charge is 0.478 e. The predicted molar refractivity (Wildman–Crippen MR) is 51.8 cm³/mol. The normalized spacial score (nSPS) is 11.1. The first kappa shape index (κ1) is 12.4. The Bertz CT molecular complexity index is 238. The Morgan fingerprint density at radius 2 is 2.07 bits per heavy atom. The first-order valence-electron chi connectivity index (χ1n) is 4.16. The zero-order valence-electron chi connectivity index (χ0n) is 8.04. The number of urea groups is 1. The summed E-state index contributed by atoms with van der Waals surface area (Å²) in [4.78, 5) is 20.4. The van der Waals surface area contributed by atoms with Crippen LogP contribution < -0.4 is 16.4 Å². The SMILES string of the molecule is CC(=CC(=O)O)CNCCNC(N)=O. The smallest absolute Gasteiger partial charge is 0.328 e. The third-order valence-corrected chi connectivity index (χ3v) is 1.37. The number of nitrogens with two attached hydrogens (primary N) is 1. The van der Waals surface area contributed by atoms with Crippen molar-refractivity contribution in [3.63, 3.8) is 0 Å². The van der Waals surface area contributed by atoms with Gasteiger partial charge < -0.3 is 21.5 Å². The van der Waals surface area contributed by atoms with Gasteiger partial charge in [0.25, 0.3) is 0 Å². The molecular formula is C8H15N3O3. The fraction of sp³-hybridized carbons (Fsp3) is 0.500. The molecule has 0 saturated carbocycles. The standard InChI is InChI=1S/C8H15N3O3/c1-6(4-7(12)13)5-10-2-3-11-8(9)14/h4,10H,2-3,5H2,1H3,(H,12,13)(H3,9,11,14). The highest BCUT2D eigenvalue weighted by molar-refractivity contribution is 5.80. The van der Waals surface area contributed by atoms with Crippen LogP contribution in [0.3, 0.4) is 0 Å². The van der Waals surface area contributed by atoms with Crippen LogP contribution in [-0.2, 0) is 4.79 Å². The van der Waals surface area contributed by atoms with Crippen molar-refractivity contribution in [2.45, 2.75) is 6.92 Å². The third kappa shape index (κ3) is 8.54. The Morgan fingerprint density at radius 3 is 2.57 bits per heavy atom. The number of nitrogens with one attached hydrogen (secondary N) is 2. The summed E-state index contributed by atoms with van der Waals surface area (Å²) in [5, 5.41) is 13.7. The zero-order chi connectivity index (χ0) is 11.0. The van der Waals surface area contributed by atoms with Crippen LogP contribution >= 0.6 is 0 Å². The second-order valence-electron chi connectivity index (χ2n) is 2.80. The van der Waals surface area contributed by atoms with Gasteiger partial charge in [-0.3, -0.25) is 0 Å². The van der Waals surface area contributed by atoms with Gasteiger partial charge in [-0.2, -0.15) is 0 Å². The van der Waals surface area contributed by atoms with Gasteiger partial charge in [0.15, 0.2) is 0 Å². The molecule has 0 unspecified atom stereocenters. The summed E-state index contributed by atoms with van der Waals surface area (Å²) < 4.78 is 0. The Balaban J connectivity index is 3.45. The quantitative estimate of drug-likeness (QED) is 0.336. The molecule has 0 spiro atoms. The molecule has 0 saturated heterocycles. The van der Waals surface area contributed by atoms with Crippen LogP contribution in [0.25, 0.3) is 0 Å². The van der Waals surface area contributed by atoms with Gasteiger partial charge in [0.1, 0.15) is 0 Å². The van der Waals surface area contributed by atoms with Crippen LogP contribution in [0.5, 0.6) is 0 Å². The minimum absolute atomic E-state index is 0.426. The molecule has 6 heteroatoms. The highest BCUT2D eigenvalue weighted by Gasteiger charge is 1.94. The summed E-state index contributed by atoms with van der Waals surface area (Å²) in [7, 11) is 0. The molecule has 6 nitrogen and oxygen atoms in total. The molecule has 0 aliphatic carbocycles. The number of rotatable bonds is 6. The number of carbonyl (C=O) groups is 2. The van der Waals surface area contributed by atoms with E-state index in [0.29, 0.717) is 19.6 Å². The average Bonchev–Trinajstić information content (AvgIpc) is 2.01. The Hall–Kier alpha value is -1.56. The summed E-state index contributed by atoms with van der Waals surface area (Å²) in [6.07, 6.45) is 1.13. The molecule has 0 aromatic carbocycles. The molecule has 0 fully saturated rings. The van der Waals surface area contributed by atoms with Gasteiger partial charge in [0.2, 0.25) is 0 Å². The Labute approximate surface area is 82.2 Å². The van der Waals surface area contributed by atoms with Crippen molar-refractivity contribution >= 4 is 12.0 Å². The van der Waals surface area contributed by atoms with Crippen LogP contribution in [-0.4, -0.2) is 36.7 Å². The summed E-state index contributed by atoms with van der Waals surface area (Å²) in [5.74, 6) is -0.959. The number of amides is 2. The third-order valence-electron chi connectivity index (χ3n) is 1.37. The van der Waals surface area contributed by atoms with E-state index in [0.717, 1.165) is 11.6 Å². The van der Waals surface area contributed by atoms with E-state index < -0.39 is 12.0 Å². The molecule has 0 aliphatic heterocycles. The molecule has 0 radical (unpaired) electrons. The summed E-state index contributed by atoms with van der Waals surface area (Å²) in [5.41, 5.74) is 5.55. The van der Waals surface area contributed by atoms with Crippen molar-refractivity contribution in [2.75, 3.05) is 19.6 Å². The number of aliphatic carboxylic acids is 1. The molecule has 5 N–H and O–H groups in total. The van der Waals surface area contributed by atoms with Gasteiger partial charge in [-0.05, 0) is 6.92 Å². The van der Waals surface area contributed by atoms with Crippen molar-refractivity contribution in [2.24, 2.45) is 5.73 Å². The van der Waals surface area contributed by atoms with Gasteiger partial charge in [-0.15, -0.1) is 0 Å². The molecule has 2 amide bonds. The monoisotopic (exact) mass is 201 g/mol. The van der Waals surface area contributed by atoms with E-state index >= 15 is 0 Å². The molecule has 0 atom stereocenters. The van der Waals surface area contributed by atoms with Crippen LogP contribution in [0.15, 0.2) is 11.6 Å². The minimum atomic E-state index is -0.959. The van der Waals surface area contributed by atoms with Crippen LogP contribution in [0.4, 0.5) is 4.79 Å². The molecule has 0 aliphatic rings. The van der Waals surface area contributed by atoms with Gasteiger partial charge in [0, 0.05) is 25.7 Å². The average molecular weight is 201 g/mol. The van der Waals surface area contributed by atoms with E-state index in [4.69, 9.17) is 10.8 Å². The summed E-state index contributed by atoms with van der Waals surface area (Å²) in [6.45, 7) is 3.17. The molecular weight excluding hydrogens is 186 g/mol. The minimum Gasteiger partial charge on any atom is -0.478 e. The van der Waals surface area contributed by atoms with Gasteiger partial charge in [-0.25, -0.2) is 9.59 Å². The Kier molecular flexibility index (Phi) is 6.13. The number of carboxylic acids is 1. The maximum absolute atomic E-state index is 10.2. The van der Waals surface area contributed by atoms with E-state index in [1.54, 1.807) is 6.92 Å². The fourth-order valence-corrected chi connectivity index (χ4v) is 0.821. The lowest BCUT2D eigenvalue weighted by atomic mass is 10.3. The highest BCUT2D eigenvalue weighted by Crippen LogP contribution is 1.88. The van der Waals surface area contributed by atoms with Crippen molar-refractivity contribution in [3.05, 3.63) is 11.6 Å². The molecule has 0 rings (SSSR count). The maximum Gasteiger partial charge on any atom is 0.328 e. The van der Waals surface area contributed by atoms with E-state index in [1.165, 1.54) is 0 Å². The van der Waals surface area contributed by atoms with E-state index in [1.807, 2.05) is 0 Å². The van der Waals surface area contributed by atoms with Crippen molar-refractivity contribution < 1.29 is 14.7 Å². The van der Waals surface area contributed by atoms with Gasteiger partial charge in [0.05, 0.1) is 0 Å². The second-order valence-corrected chi connectivity index (χ2v) is 2.80. The number of carbonyl (C=O) groups excluding carboxylic acids is 1. The molecule has 80 valence electrons. The van der Waals surface area contributed by atoms with Gasteiger partial charge in [-0.1, -0.05) is 5.57 Å². The van der Waals surface area contributed by atoms with E-state index in [9.17, 15) is 9.59 Å². The van der Waals surface area contributed by atoms with Crippen molar-refractivity contribution in [3.8, 4) is 0 Å². The maximum atomic E-state index is 10.2. The molecule has 0 bridgehead atoms. The van der Waals surface area contributed by atoms with Gasteiger partial charge >= 0.3 is 12.0 Å². The van der Waals surface area contributed by atoms with Crippen molar-refractivity contribution in [1.29, 1.82) is 0 Å². The molecule has 0 aromatic heterocycles. The topological polar surface area (TPSA) is 104 Å². The number of carboxylic acid groups (broad SMARTS) is 1. The second kappa shape index (κ2) is 6.90. The fourth-order valence-electron chi connectivity index (χ4n) is 0.821. The lowest BCUT2D eigenvalue weighted by molar-refractivity contribution is -0.131. The molecule has 14 heavy (non-hydrogen) atoms. The first-order chi connectivity index (χ1) is 6.52. The molecule has 0 aromatic rings. The number of primary amides is 1. The lowest BCUT2D eigenvalue weighted by Crippen LogP contribution is -2.35. The summed E-state index contributed by atoms with van der Waals surface area (Å²) >= 11 is 0. The first-order valence-corrected chi connectivity index (χ1v) is 4.16. The van der Waals surface area contributed by atoms with Crippen LogP contribution in [0.1, 0.15) is 6.92 Å². The zero-order valence-corrected chi connectivity index (χ0v) is 8.04. The number of hydrogen-bond donors (Lipinski definition) is 4. The highest BCUT2D eigenvalue weighted by atomic mass is 16.4. The summed E-state index contributed by atoms with van der Waals surface area (Å²) in [6, 6.07) is -0.565. The predicted octanol–water partition coefficient (Wildman–Crippen LogP) is -0.725. The van der Waals surface area contributed by atoms with E-state index in [-0.39, 0.29) is 0 Å². The van der Waals surface area contributed by atoms with Crippen molar-refractivity contribution in [1.82, 2.24) is 10.6 Å². The Morgan fingerprint density at radius 1 is 1.43 bits per heavy atom. The lowest BCUT2D eigenvalue weighted by Gasteiger charge is -2.04. The molecule has 0 heterocycles. The van der Waals surface area contributed by atoms with Crippen LogP contribution in [0.2, 0.25) is 0 Å². The van der Waals surface area contributed by atoms with E-state index in [2.05, 4.69) is 10.6 Å². The number of hydrogen-bond acceptors (Lipinski definition) is 3.